The molecule has 0 radical (unpaired) electrons. The van der Waals surface area contributed by atoms with Crippen LogP contribution < -0.4 is 21.7 Å². The van der Waals surface area contributed by atoms with Gasteiger partial charge in [-0.3, -0.25) is 14.4 Å². The van der Waals surface area contributed by atoms with Gasteiger partial charge in [-0.2, -0.15) is 25.3 Å². The summed E-state index contributed by atoms with van der Waals surface area (Å²) in [4.78, 5) is 49.9. The minimum absolute atomic E-state index is 0.0729. The molecule has 0 saturated carbocycles. The van der Waals surface area contributed by atoms with Crippen LogP contribution >= 0.6 is 25.3 Å². The molecule has 0 saturated heterocycles. The smallest absolute Gasteiger partial charge is 0.326 e. The van der Waals surface area contributed by atoms with Crippen molar-refractivity contribution in [2.75, 3.05) is 11.5 Å². The Balaban J connectivity index is 2.11. The summed E-state index contributed by atoms with van der Waals surface area (Å²) in [6.45, 7) is 0. The third-order valence-corrected chi connectivity index (χ3v) is 5.92. The topological polar surface area (TPSA) is 151 Å². The molecule has 0 bridgehead atoms. The Morgan fingerprint density at radius 2 is 1.11 bits per heavy atom. The van der Waals surface area contributed by atoms with Gasteiger partial charge in [0.25, 0.3) is 0 Å². The van der Waals surface area contributed by atoms with E-state index in [4.69, 9.17) is 5.73 Å². The van der Waals surface area contributed by atoms with Gasteiger partial charge < -0.3 is 26.8 Å². The maximum Gasteiger partial charge on any atom is 0.326 e. The van der Waals surface area contributed by atoms with Crippen molar-refractivity contribution >= 4 is 48.9 Å². The number of nitrogens with two attached hydrogens (primary N) is 1. The SMILES string of the molecule is NC(CS)C(=O)NC(Cc1ccccc1)C(=O)NC(CS)C(=O)NC(Cc1ccccc1)C(=O)O. The van der Waals surface area contributed by atoms with Gasteiger partial charge in [-0.05, 0) is 11.1 Å². The van der Waals surface area contributed by atoms with Crippen LogP contribution in [0.15, 0.2) is 60.7 Å². The minimum Gasteiger partial charge on any atom is -0.480 e. The van der Waals surface area contributed by atoms with Crippen molar-refractivity contribution < 1.29 is 24.3 Å². The summed E-state index contributed by atoms with van der Waals surface area (Å²) in [6, 6.07) is 13.6. The highest BCUT2D eigenvalue weighted by Crippen LogP contribution is 2.07. The first-order valence-corrected chi connectivity index (χ1v) is 12.2. The summed E-state index contributed by atoms with van der Waals surface area (Å²) in [5.74, 6) is -3.09. The van der Waals surface area contributed by atoms with Crippen molar-refractivity contribution in [1.29, 1.82) is 0 Å². The van der Waals surface area contributed by atoms with Gasteiger partial charge in [0, 0.05) is 24.3 Å². The molecule has 11 heteroatoms. The fourth-order valence-electron chi connectivity index (χ4n) is 3.21. The highest BCUT2D eigenvalue weighted by atomic mass is 32.1. The van der Waals surface area contributed by atoms with Gasteiger partial charge in [0.05, 0.1) is 6.04 Å². The molecule has 0 aliphatic heterocycles. The van der Waals surface area contributed by atoms with E-state index in [-0.39, 0.29) is 24.3 Å². The number of carbonyl (C=O) groups excluding carboxylic acids is 3. The molecule has 6 N–H and O–H groups in total. The van der Waals surface area contributed by atoms with Gasteiger partial charge in [-0.25, -0.2) is 4.79 Å². The molecule has 0 heterocycles. The van der Waals surface area contributed by atoms with Gasteiger partial charge in [-0.1, -0.05) is 60.7 Å². The normalized spacial score (nSPS) is 14.1. The fraction of sp³-hybridized carbons (Fsp3) is 0.333. The Morgan fingerprint density at radius 1 is 0.686 bits per heavy atom. The van der Waals surface area contributed by atoms with Crippen molar-refractivity contribution in [3.05, 3.63) is 71.8 Å². The molecule has 0 aliphatic rings. The Labute approximate surface area is 215 Å². The molecule has 0 fully saturated rings. The molecular weight excluding hydrogens is 488 g/mol. The van der Waals surface area contributed by atoms with Crippen molar-refractivity contribution in [2.24, 2.45) is 5.73 Å². The highest BCUT2D eigenvalue weighted by Gasteiger charge is 2.30. The number of hydrogen-bond acceptors (Lipinski definition) is 7. The third kappa shape index (κ3) is 9.27. The monoisotopic (exact) mass is 518 g/mol. The lowest BCUT2D eigenvalue weighted by Gasteiger charge is -2.24. The maximum atomic E-state index is 13.1. The standard InChI is InChI=1S/C24H30N4O5S2/c25-17(13-34)21(29)26-18(11-15-7-3-1-4-8-15)22(30)28-20(14-35)23(31)27-19(24(32)33)12-16-9-5-2-6-10-16/h1-10,17-20,34-35H,11-14,25H2,(H,26,29)(H,27,31)(H,28,30)(H,32,33). The van der Waals surface area contributed by atoms with E-state index in [9.17, 15) is 24.3 Å². The van der Waals surface area contributed by atoms with E-state index in [0.717, 1.165) is 11.1 Å². The van der Waals surface area contributed by atoms with E-state index in [0.29, 0.717) is 0 Å². The molecule has 4 atom stereocenters. The van der Waals surface area contributed by atoms with E-state index >= 15 is 0 Å². The van der Waals surface area contributed by atoms with E-state index < -0.39 is 47.9 Å². The maximum absolute atomic E-state index is 13.1. The summed E-state index contributed by atoms with van der Waals surface area (Å²) < 4.78 is 0. The summed E-state index contributed by atoms with van der Waals surface area (Å²) in [7, 11) is 0. The second-order valence-corrected chi connectivity index (χ2v) is 8.60. The number of aliphatic carboxylic acids is 1. The lowest BCUT2D eigenvalue weighted by atomic mass is 10.0. The zero-order valence-electron chi connectivity index (χ0n) is 19.0. The Hall–Kier alpha value is -3.02. The molecule has 0 aromatic heterocycles. The largest absolute Gasteiger partial charge is 0.480 e. The van der Waals surface area contributed by atoms with Gasteiger partial charge in [0.15, 0.2) is 0 Å². The van der Waals surface area contributed by atoms with E-state index in [1.807, 2.05) is 6.07 Å². The molecule has 35 heavy (non-hydrogen) atoms. The number of thiol groups is 2. The zero-order chi connectivity index (χ0) is 25.8. The fourth-order valence-corrected chi connectivity index (χ4v) is 3.63. The van der Waals surface area contributed by atoms with Crippen LogP contribution in [0, 0.1) is 0 Å². The first kappa shape index (κ1) is 28.2. The predicted molar refractivity (Wildman–Crippen MR) is 139 cm³/mol. The molecule has 2 aromatic carbocycles. The summed E-state index contributed by atoms with van der Waals surface area (Å²) in [5.41, 5.74) is 7.25. The molecule has 188 valence electrons. The van der Waals surface area contributed by atoms with E-state index in [2.05, 4.69) is 41.2 Å². The van der Waals surface area contributed by atoms with Crippen molar-refractivity contribution in [1.82, 2.24) is 16.0 Å². The number of amides is 3. The van der Waals surface area contributed by atoms with E-state index in [1.165, 1.54) is 0 Å². The van der Waals surface area contributed by atoms with Crippen molar-refractivity contribution in [3.63, 3.8) is 0 Å². The number of carboxylic acid groups (broad SMARTS) is 1. The molecule has 0 spiro atoms. The Bertz CT molecular complexity index is 994. The second-order valence-electron chi connectivity index (χ2n) is 7.87. The van der Waals surface area contributed by atoms with Gasteiger partial charge in [-0.15, -0.1) is 0 Å². The van der Waals surface area contributed by atoms with Crippen LogP contribution in [-0.2, 0) is 32.0 Å². The molecule has 2 rings (SSSR count). The molecule has 9 nitrogen and oxygen atoms in total. The number of rotatable bonds is 13. The van der Waals surface area contributed by atoms with Crippen LogP contribution in [0.1, 0.15) is 11.1 Å². The van der Waals surface area contributed by atoms with E-state index in [1.54, 1.807) is 54.6 Å². The Kier molecular flexibility index (Phi) is 11.6. The average molecular weight is 519 g/mol. The van der Waals surface area contributed by atoms with Crippen molar-refractivity contribution in [2.45, 2.75) is 37.0 Å². The number of benzene rings is 2. The molecule has 3 amide bonds. The minimum atomic E-state index is -1.21. The first-order valence-electron chi connectivity index (χ1n) is 10.9. The highest BCUT2D eigenvalue weighted by molar-refractivity contribution is 7.80. The third-order valence-electron chi connectivity index (χ3n) is 5.16. The summed E-state index contributed by atoms with van der Waals surface area (Å²) in [6.07, 6.45) is 0.230. The second kappa shape index (κ2) is 14.4. The van der Waals surface area contributed by atoms with Gasteiger partial charge in [0.1, 0.15) is 18.1 Å². The van der Waals surface area contributed by atoms with Crippen LogP contribution in [0.2, 0.25) is 0 Å². The quantitative estimate of drug-likeness (QED) is 0.188. The predicted octanol–water partition coefficient (Wildman–Crippen LogP) is 0.198. The first-order chi connectivity index (χ1) is 16.7. The summed E-state index contributed by atoms with van der Waals surface area (Å²) in [5, 5.41) is 17.2. The van der Waals surface area contributed by atoms with Crippen LogP contribution in [0.3, 0.4) is 0 Å². The van der Waals surface area contributed by atoms with Crippen LogP contribution in [0.25, 0.3) is 0 Å². The van der Waals surface area contributed by atoms with Gasteiger partial charge in [0.2, 0.25) is 17.7 Å². The summed E-state index contributed by atoms with van der Waals surface area (Å²) >= 11 is 8.16. The van der Waals surface area contributed by atoms with Gasteiger partial charge >= 0.3 is 5.97 Å². The zero-order valence-corrected chi connectivity index (χ0v) is 20.8. The molecule has 2 aromatic rings. The van der Waals surface area contributed by atoms with Crippen LogP contribution in [0.5, 0.6) is 0 Å². The molecular formula is C24H30N4O5S2. The van der Waals surface area contributed by atoms with Crippen LogP contribution in [-0.4, -0.2) is 64.5 Å². The lowest BCUT2D eigenvalue weighted by Crippen LogP contribution is -2.58. The number of hydrogen-bond donors (Lipinski definition) is 7. The van der Waals surface area contributed by atoms with Crippen LogP contribution in [0.4, 0.5) is 0 Å². The molecule has 4 unspecified atom stereocenters. The number of nitrogens with one attached hydrogen (secondary N) is 3. The Morgan fingerprint density at radius 3 is 1.57 bits per heavy atom. The molecule has 0 aliphatic carbocycles. The number of carbonyl (C=O) groups is 4. The average Bonchev–Trinajstić information content (AvgIpc) is 2.86. The number of carboxylic acids is 1. The van der Waals surface area contributed by atoms with Crippen molar-refractivity contribution in [3.8, 4) is 0 Å². The lowest BCUT2D eigenvalue weighted by molar-refractivity contribution is -0.142.